The number of aliphatic hydroxyl groups excluding tert-OH is 1. The topological polar surface area (TPSA) is 20.2 Å². The van der Waals surface area contributed by atoms with Gasteiger partial charge in [0, 0.05) is 31.4 Å². The summed E-state index contributed by atoms with van der Waals surface area (Å²) in [6.45, 7) is 0. The van der Waals surface area contributed by atoms with E-state index in [0.717, 1.165) is 9.35 Å². The monoisotopic (exact) mass is 350 g/mol. The molecule has 90 valence electrons. The highest BCUT2D eigenvalue weighted by Gasteiger charge is 2.17. The van der Waals surface area contributed by atoms with Crippen molar-refractivity contribution in [2.75, 3.05) is 0 Å². The van der Waals surface area contributed by atoms with Crippen LogP contribution in [-0.2, 0) is 6.42 Å². The van der Waals surface area contributed by atoms with Crippen LogP contribution in [0.5, 0.6) is 0 Å². The van der Waals surface area contributed by atoms with Crippen molar-refractivity contribution >= 4 is 50.5 Å². The summed E-state index contributed by atoms with van der Waals surface area (Å²) in [5.41, 5.74) is 0.594. The van der Waals surface area contributed by atoms with Gasteiger partial charge in [-0.15, -0.1) is 11.3 Å². The molecule has 1 aromatic heterocycles. The van der Waals surface area contributed by atoms with Gasteiger partial charge in [-0.05, 0) is 39.5 Å². The second-order valence-corrected chi connectivity index (χ2v) is 6.22. The van der Waals surface area contributed by atoms with Crippen LogP contribution >= 0.6 is 50.5 Å². The zero-order valence-electron chi connectivity index (χ0n) is 8.66. The first-order chi connectivity index (χ1) is 8.09. The fourth-order valence-corrected chi connectivity index (χ4v) is 3.78. The standard InChI is InChI=1S/C12H9BrCl2OS/c13-7-4-5-17-11(7)6-10(16)12-8(14)2-1-3-9(12)15/h1-5,10,16H,6H2. The van der Waals surface area contributed by atoms with E-state index in [1.165, 1.54) is 0 Å². The van der Waals surface area contributed by atoms with Gasteiger partial charge in [-0.2, -0.15) is 0 Å². The summed E-state index contributed by atoms with van der Waals surface area (Å²) in [6.07, 6.45) is -0.187. The number of halogens is 3. The number of hydrogen-bond donors (Lipinski definition) is 1. The molecule has 0 spiro atoms. The molecule has 17 heavy (non-hydrogen) atoms. The predicted octanol–water partition coefficient (Wildman–Crippen LogP) is 5.09. The fourth-order valence-electron chi connectivity index (χ4n) is 1.58. The van der Waals surface area contributed by atoms with Gasteiger partial charge in [0.05, 0.1) is 6.10 Å². The van der Waals surface area contributed by atoms with E-state index >= 15 is 0 Å². The molecule has 0 aliphatic carbocycles. The Hall–Kier alpha value is -0.0600. The summed E-state index contributed by atoms with van der Waals surface area (Å²) in [5.74, 6) is 0. The van der Waals surface area contributed by atoms with Gasteiger partial charge in [0.25, 0.3) is 0 Å². The van der Waals surface area contributed by atoms with Crippen LogP contribution in [0.25, 0.3) is 0 Å². The Morgan fingerprint density at radius 2 is 1.88 bits per heavy atom. The van der Waals surface area contributed by atoms with E-state index in [1.54, 1.807) is 29.5 Å². The van der Waals surface area contributed by atoms with Crippen molar-refractivity contribution in [3.63, 3.8) is 0 Å². The van der Waals surface area contributed by atoms with E-state index in [9.17, 15) is 5.11 Å². The van der Waals surface area contributed by atoms with Crippen molar-refractivity contribution in [1.82, 2.24) is 0 Å². The Kier molecular flexibility index (Phi) is 4.50. The highest BCUT2D eigenvalue weighted by molar-refractivity contribution is 9.10. The van der Waals surface area contributed by atoms with Crippen molar-refractivity contribution in [1.29, 1.82) is 0 Å². The van der Waals surface area contributed by atoms with Gasteiger partial charge >= 0.3 is 0 Å². The van der Waals surface area contributed by atoms with Crippen molar-refractivity contribution in [3.05, 3.63) is 54.6 Å². The second-order valence-electron chi connectivity index (χ2n) is 3.55. The molecule has 0 saturated heterocycles. The van der Waals surface area contributed by atoms with Gasteiger partial charge in [-0.3, -0.25) is 0 Å². The minimum absolute atomic E-state index is 0.498. The highest BCUT2D eigenvalue weighted by atomic mass is 79.9. The molecule has 1 unspecified atom stereocenters. The summed E-state index contributed by atoms with van der Waals surface area (Å²) in [6, 6.07) is 7.19. The van der Waals surface area contributed by atoms with E-state index in [-0.39, 0.29) is 0 Å². The fraction of sp³-hybridized carbons (Fsp3) is 0.167. The van der Waals surface area contributed by atoms with Crippen molar-refractivity contribution in [2.45, 2.75) is 12.5 Å². The van der Waals surface area contributed by atoms with Gasteiger partial charge in [0.15, 0.2) is 0 Å². The molecule has 5 heteroatoms. The second kappa shape index (κ2) is 5.72. The molecular formula is C12H9BrCl2OS. The Balaban J connectivity index is 2.26. The lowest BCUT2D eigenvalue weighted by Gasteiger charge is -2.13. The minimum atomic E-state index is -0.689. The third kappa shape index (κ3) is 3.04. The van der Waals surface area contributed by atoms with Gasteiger partial charge in [-0.25, -0.2) is 0 Å². The smallest absolute Gasteiger partial charge is 0.0867 e. The summed E-state index contributed by atoms with van der Waals surface area (Å²) in [7, 11) is 0. The van der Waals surface area contributed by atoms with Gasteiger partial charge in [-0.1, -0.05) is 29.3 Å². The van der Waals surface area contributed by atoms with Crippen LogP contribution in [0.4, 0.5) is 0 Å². The molecule has 0 aliphatic heterocycles. The van der Waals surface area contributed by atoms with Crippen LogP contribution in [0.1, 0.15) is 16.5 Å². The predicted molar refractivity (Wildman–Crippen MR) is 77.1 cm³/mol. The SMILES string of the molecule is OC(Cc1sccc1Br)c1c(Cl)cccc1Cl. The summed E-state index contributed by atoms with van der Waals surface area (Å²) >= 11 is 17.1. The number of hydrogen-bond acceptors (Lipinski definition) is 2. The van der Waals surface area contributed by atoms with Crippen molar-refractivity contribution < 1.29 is 5.11 Å². The molecule has 0 radical (unpaired) electrons. The average molecular weight is 352 g/mol. The Morgan fingerprint density at radius 1 is 1.24 bits per heavy atom. The summed E-state index contributed by atoms with van der Waals surface area (Å²) in [5, 5.41) is 13.2. The number of thiophene rings is 1. The summed E-state index contributed by atoms with van der Waals surface area (Å²) < 4.78 is 1.00. The molecule has 0 saturated carbocycles. The molecule has 2 aromatic rings. The molecule has 1 nitrogen and oxygen atoms in total. The zero-order valence-corrected chi connectivity index (χ0v) is 12.6. The number of rotatable bonds is 3. The quantitative estimate of drug-likeness (QED) is 0.816. The minimum Gasteiger partial charge on any atom is -0.388 e. The molecule has 0 fully saturated rings. The van der Waals surface area contributed by atoms with Crippen LogP contribution in [0.3, 0.4) is 0 Å². The normalized spacial score (nSPS) is 12.7. The first-order valence-corrected chi connectivity index (χ1v) is 7.36. The van der Waals surface area contributed by atoms with Crippen LogP contribution in [0, 0.1) is 0 Å². The molecule has 0 bridgehead atoms. The molecule has 1 atom stereocenters. The van der Waals surface area contributed by atoms with E-state index in [4.69, 9.17) is 23.2 Å². The van der Waals surface area contributed by atoms with E-state index < -0.39 is 6.10 Å². The largest absolute Gasteiger partial charge is 0.388 e. The first-order valence-electron chi connectivity index (χ1n) is 4.93. The third-order valence-electron chi connectivity index (χ3n) is 2.40. The van der Waals surface area contributed by atoms with Crippen LogP contribution in [0.2, 0.25) is 10.0 Å². The Bertz CT molecular complexity index is 507. The van der Waals surface area contributed by atoms with Gasteiger partial charge < -0.3 is 5.11 Å². The maximum Gasteiger partial charge on any atom is 0.0867 e. The number of aliphatic hydroxyl groups is 1. The van der Waals surface area contributed by atoms with Crippen LogP contribution in [0.15, 0.2) is 34.1 Å². The van der Waals surface area contributed by atoms with E-state index in [1.807, 2.05) is 11.4 Å². The lowest BCUT2D eigenvalue weighted by molar-refractivity contribution is 0.179. The van der Waals surface area contributed by atoms with Crippen molar-refractivity contribution in [3.8, 4) is 0 Å². The molecular weight excluding hydrogens is 343 g/mol. The third-order valence-corrected chi connectivity index (χ3v) is 5.01. The van der Waals surface area contributed by atoms with Gasteiger partial charge in [0.1, 0.15) is 0 Å². The Morgan fingerprint density at radius 3 is 2.41 bits per heavy atom. The first kappa shape index (κ1) is 13.4. The molecule has 2 rings (SSSR count). The maximum absolute atomic E-state index is 10.2. The molecule has 1 N–H and O–H groups in total. The highest BCUT2D eigenvalue weighted by Crippen LogP contribution is 2.34. The molecule has 1 aromatic carbocycles. The molecule has 1 heterocycles. The average Bonchev–Trinajstić information content (AvgIpc) is 2.64. The molecule has 0 aliphatic rings. The maximum atomic E-state index is 10.2. The lowest BCUT2D eigenvalue weighted by atomic mass is 10.1. The summed E-state index contributed by atoms with van der Waals surface area (Å²) in [4.78, 5) is 1.08. The molecule has 0 amide bonds. The van der Waals surface area contributed by atoms with Crippen molar-refractivity contribution in [2.24, 2.45) is 0 Å². The number of benzene rings is 1. The van der Waals surface area contributed by atoms with Crippen LogP contribution in [-0.4, -0.2) is 5.11 Å². The lowest BCUT2D eigenvalue weighted by Crippen LogP contribution is -2.02. The van der Waals surface area contributed by atoms with E-state index in [2.05, 4.69) is 15.9 Å². The van der Waals surface area contributed by atoms with Crippen LogP contribution < -0.4 is 0 Å². The Labute approximate surface area is 122 Å². The zero-order chi connectivity index (χ0) is 12.4. The van der Waals surface area contributed by atoms with Gasteiger partial charge in [0.2, 0.25) is 0 Å². The van der Waals surface area contributed by atoms with E-state index in [0.29, 0.717) is 22.0 Å².